The van der Waals surface area contributed by atoms with Crippen molar-refractivity contribution in [1.82, 2.24) is 10.2 Å². The molecule has 0 aromatic carbocycles. The SMILES string of the molecule is CN1CCC2NC2C1. The molecule has 0 spiro atoms. The molecule has 2 rings (SSSR count). The Morgan fingerprint density at radius 2 is 2.38 bits per heavy atom. The molecule has 0 amide bonds. The molecule has 0 saturated carbocycles. The van der Waals surface area contributed by atoms with E-state index in [1.54, 1.807) is 0 Å². The summed E-state index contributed by atoms with van der Waals surface area (Å²) in [5.41, 5.74) is 0. The second-order valence-electron chi connectivity index (χ2n) is 2.93. The molecule has 2 unspecified atom stereocenters. The van der Waals surface area contributed by atoms with E-state index in [0.29, 0.717) is 0 Å². The molecule has 2 saturated heterocycles. The number of likely N-dealkylation sites (tertiary alicyclic amines) is 1. The molecule has 0 bridgehead atoms. The largest absolute Gasteiger partial charge is 0.307 e. The van der Waals surface area contributed by atoms with Gasteiger partial charge in [0, 0.05) is 18.6 Å². The predicted molar refractivity (Wildman–Crippen MR) is 32.8 cm³/mol. The van der Waals surface area contributed by atoms with Gasteiger partial charge in [0.2, 0.25) is 0 Å². The van der Waals surface area contributed by atoms with Crippen molar-refractivity contribution < 1.29 is 0 Å². The summed E-state index contributed by atoms with van der Waals surface area (Å²) >= 11 is 0. The molecule has 2 heterocycles. The van der Waals surface area contributed by atoms with E-state index >= 15 is 0 Å². The lowest BCUT2D eigenvalue weighted by molar-refractivity contribution is 0.304. The van der Waals surface area contributed by atoms with Crippen LogP contribution < -0.4 is 5.32 Å². The monoisotopic (exact) mass is 112 g/mol. The molecule has 8 heavy (non-hydrogen) atoms. The fourth-order valence-corrected chi connectivity index (χ4v) is 1.47. The average Bonchev–Trinajstić information content (AvgIpc) is 2.43. The maximum absolute atomic E-state index is 3.42. The van der Waals surface area contributed by atoms with E-state index in [0.717, 1.165) is 12.1 Å². The highest BCUT2D eigenvalue weighted by Crippen LogP contribution is 2.20. The van der Waals surface area contributed by atoms with Crippen LogP contribution in [0, 0.1) is 0 Å². The van der Waals surface area contributed by atoms with Gasteiger partial charge in [-0.05, 0) is 20.0 Å². The number of piperidine rings is 1. The van der Waals surface area contributed by atoms with Crippen LogP contribution in [0.1, 0.15) is 6.42 Å². The second-order valence-corrected chi connectivity index (χ2v) is 2.93. The molecule has 2 aliphatic rings. The van der Waals surface area contributed by atoms with Gasteiger partial charge in [0.25, 0.3) is 0 Å². The summed E-state index contributed by atoms with van der Waals surface area (Å²) in [5, 5.41) is 3.42. The minimum Gasteiger partial charge on any atom is -0.307 e. The number of nitrogens with one attached hydrogen (secondary N) is 1. The van der Waals surface area contributed by atoms with Crippen LogP contribution in [-0.4, -0.2) is 37.1 Å². The summed E-state index contributed by atoms with van der Waals surface area (Å²) in [5.74, 6) is 0. The maximum Gasteiger partial charge on any atom is 0.0352 e. The molecular weight excluding hydrogens is 100 g/mol. The summed E-state index contributed by atoms with van der Waals surface area (Å²) in [4.78, 5) is 2.39. The summed E-state index contributed by atoms with van der Waals surface area (Å²) in [6.45, 7) is 2.55. The Labute approximate surface area is 49.9 Å². The lowest BCUT2D eigenvalue weighted by atomic mass is 10.1. The molecule has 0 aromatic rings. The molecule has 0 aromatic heterocycles. The first-order valence-electron chi connectivity index (χ1n) is 3.31. The van der Waals surface area contributed by atoms with Gasteiger partial charge in [0.15, 0.2) is 0 Å². The number of nitrogens with zero attached hydrogens (tertiary/aromatic N) is 1. The second kappa shape index (κ2) is 1.45. The molecule has 2 heteroatoms. The van der Waals surface area contributed by atoms with Crippen molar-refractivity contribution in [3.8, 4) is 0 Å². The van der Waals surface area contributed by atoms with Gasteiger partial charge in [0.1, 0.15) is 0 Å². The van der Waals surface area contributed by atoms with Crippen molar-refractivity contribution in [2.24, 2.45) is 0 Å². The van der Waals surface area contributed by atoms with E-state index in [1.165, 1.54) is 19.5 Å². The molecule has 46 valence electrons. The predicted octanol–water partition coefficient (Wildman–Crippen LogP) is -0.338. The number of fused-ring (bicyclic) bond motifs is 1. The first-order chi connectivity index (χ1) is 3.86. The van der Waals surface area contributed by atoms with Gasteiger partial charge in [-0.2, -0.15) is 0 Å². The molecule has 2 fully saturated rings. The van der Waals surface area contributed by atoms with E-state index in [1.807, 2.05) is 0 Å². The van der Waals surface area contributed by atoms with Gasteiger partial charge < -0.3 is 10.2 Å². The van der Waals surface area contributed by atoms with Crippen molar-refractivity contribution in [3.05, 3.63) is 0 Å². The van der Waals surface area contributed by atoms with E-state index in [4.69, 9.17) is 0 Å². The van der Waals surface area contributed by atoms with Gasteiger partial charge in [-0.15, -0.1) is 0 Å². The summed E-state index contributed by atoms with van der Waals surface area (Å²) < 4.78 is 0. The van der Waals surface area contributed by atoms with Crippen molar-refractivity contribution in [2.45, 2.75) is 18.5 Å². The van der Waals surface area contributed by atoms with Gasteiger partial charge in [0.05, 0.1) is 0 Å². The van der Waals surface area contributed by atoms with E-state index in [2.05, 4.69) is 17.3 Å². The van der Waals surface area contributed by atoms with E-state index in [9.17, 15) is 0 Å². The van der Waals surface area contributed by atoms with Gasteiger partial charge in [-0.25, -0.2) is 0 Å². The van der Waals surface area contributed by atoms with Crippen LogP contribution in [-0.2, 0) is 0 Å². The van der Waals surface area contributed by atoms with Gasteiger partial charge >= 0.3 is 0 Å². The zero-order valence-electron chi connectivity index (χ0n) is 5.22. The first-order valence-corrected chi connectivity index (χ1v) is 3.31. The minimum atomic E-state index is 0.855. The van der Waals surface area contributed by atoms with Crippen LogP contribution >= 0.6 is 0 Å². The Balaban J connectivity index is 1.93. The zero-order valence-corrected chi connectivity index (χ0v) is 5.22. The molecular formula is C6H12N2. The smallest absolute Gasteiger partial charge is 0.0352 e. The van der Waals surface area contributed by atoms with Crippen LogP contribution in [0.25, 0.3) is 0 Å². The minimum absolute atomic E-state index is 0.855. The Morgan fingerprint density at radius 1 is 1.50 bits per heavy atom. The number of likely N-dealkylation sites (N-methyl/N-ethyl adjacent to an activating group) is 1. The summed E-state index contributed by atoms with van der Waals surface area (Å²) in [6.07, 6.45) is 1.36. The van der Waals surface area contributed by atoms with Crippen LogP contribution in [0.3, 0.4) is 0 Å². The van der Waals surface area contributed by atoms with Crippen LogP contribution in [0.2, 0.25) is 0 Å². The topological polar surface area (TPSA) is 25.2 Å². The Morgan fingerprint density at radius 3 is 3.00 bits per heavy atom. The Hall–Kier alpha value is -0.0800. The first kappa shape index (κ1) is 4.77. The van der Waals surface area contributed by atoms with Gasteiger partial charge in [-0.3, -0.25) is 0 Å². The molecule has 0 radical (unpaired) electrons. The van der Waals surface area contributed by atoms with E-state index in [-0.39, 0.29) is 0 Å². The van der Waals surface area contributed by atoms with Crippen molar-refractivity contribution in [3.63, 3.8) is 0 Å². The fraction of sp³-hybridized carbons (Fsp3) is 1.00. The lowest BCUT2D eigenvalue weighted by Gasteiger charge is -2.18. The highest BCUT2D eigenvalue weighted by atomic mass is 15.3. The Kier molecular flexibility index (Phi) is 0.866. The zero-order chi connectivity index (χ0) is 5.56. The average molecular weight is 112 g/mol. The van der Waals surface area contributed by atoms with Crippen molar-refractivity contribution >= 4 is 0 Å². The number of hydrogen-bond acceptors (Lipinski definition) is 2. The van der Waals surface area contributed by atoms with Gasteiger partial charge in [-0.1, -0.05) is 0 Å². The molecule has 0 aliphatic carbocycles. The highest BCUT2D eigenvalue weighted by molar-refractivity contribution is 5.02. The van der Waals surface area contributed by atoms with Crippen molar-refractivity contribution in [2.75, 3.05) is 20.1 Å². The molecule has 1 N–H and O–H groups in total. The third-order valence-corrected chi connectivity index (χ3v) is 2.13. The third-order valence-electron chi connectivity index (χ3n) is 2.13. The van der Waals surface area contributed by atoms with Crippen LogP contribution in [0.15, 0.2) is 0 Å². The Bertz CT molecular complexity index is 103. The van der Waals surface area contributed by atoms with Crippen LogP contribution in [0.5, 0.6) is 0 Å². The normalized spacial score (nSPS) is 46.1. The standard InChI is InChI=1S/C6H12N2/c1-8-3-2-5-6(4-8)7-5/h5-7H,2-4H2,1H3. The fourth-order valence-electron chi connectivity index (χ4n) is 1.47. The van der Waals surface area contributed by atoms with Crippen LogP contribution in [0.4, 0.5) is 0 Å². The quantitative estimate of drug-likeness (QED) is 0.434. The molecule has 2 atom stereocenters. The maximum atomic E-state index is 3.42. The highest BCUT2D eigenvalue weighted by Gasteiger charge is 2.39. The summed E-state index contributed by atoms with van der Waals surface area (Å²) in [6, 6.07) is 1.75. The van der Waals surface area contributed by atoms with Crippen molar-refractivity contribution in [1.29, 1.82) is 0 Å². The molecule has 2 nitrogen and oxygen atoms in total. The lowest BCUT2D eigenvalue weighted by Crippen LogP contribution is -2.30. The third kappa shape index (κ3) is 0.644. The number of rotatable bonds is 0. The van der Waals surface area contributed by atoms with E-state index < -0.39 is 0 Å². The number of hydrogen-bond donors (Lipinski definition) is 1. The summed E-state index contributed by atoms with van der Waals surface area (Å²) in [7, 11) is 2.19. The molecule has 2 aliphatic heterocycles.